The number of nitrogens with zero attached hydrogens (tertiary/aromatic N) is 2. The Kier molecular flexibility index (Phi) is 5.65. The topological polar surface area (TPSA) is 76.2 Å². The van der Waals surface area contributed by atoms with E-state index in [4.69, 9.17) is 21.1 Å². The molecule has 2 aliphatic rings. The lowest BCUT2D eigenvalue weighted by Gasteiger charge is -2.43. The van der Waals surface area contributed by atoms with Gasteiger partial charge in [-0.25, -0.2) is 8.42 Å². The molecule has 0 spiro atoms. The highest BCUT2D eigenvalue weighted by Crippen LogP contribution is 2.34. The fourth-order valence-corrected chi connectivity index (χ4v) is 6.47. The molecule has 2 aromatic carbocycles. The largest absolute Gasteiger partial charge is 0.493 e. The van der Waals surface area contributed by atoms with Crippen LogP contribution in [0.15, 0.2) is 42.5 Å². The van der Waals surface area contributed by atoms with E-state index in [-0.39, 0.29) is 30.0 Å². The van der Waals surface area contributed by atoms with Gasteiger partial charge in [0.2, 0.25) is 5.91 Å². The van der Waals surface area contributed by atoms with Crippen LogP contribution in [0.5, 0.6) is 11.5 Å². The second kappa shape index (κ2) is 8.09. The first-order valence-corrected chi connectivity index (χ1v) is 11.7. The quantitative estimate of drug-likeness (QED) is 0.696. The Balaban J connectivity index is 1.65. The maximum Gasteiger partial charge on any atom is 0.241 e. The number of fused-ring (bicyclic) bond motifs is 1. The summed E-state index contributed by atoms with van der Waals surface area (Å²) in [5.74, 6) is 1.03. The molecule has 7 nitrogen and oxygen atoms in total. The standard InChI is InChI=1S/C21H23ClN2O5S/c1-28-19-7-6-14(8-20(19)29-2)10-23-11-21(25)24(16-5-3-4-15(22)9-16)18-13-30(26,27)12-17(18)23/h3-9,17-18H,10-13H2,1-2H3. The predicted molar refractivity (Wildman–Crippen MR) is 115 cm³/mol. The third-order valence-corrected chi connectivity index (χ3v) is 7.56. The molecule has 2 fully saturated rings. The van der Waals surface area contributed by atoms with Gasteiger partial charge >= 0.3 is 0 Å². The summed E-state index contributed by atoms with van der Waals surface area (Å²) in [5.41, 5.74) is 1.55. The Morgan fingerprint density at radius 3 is 2.47 bits per heavy atom. The van der Waals surface area contributed by atoms with E-state index in [2.05, 4.69) is 0 Å². The maximum absolute atomic E-state index is 13.1. The minimum absolute atomic E-state index is 0.0231. The molecular formula is C21H23ClN2O5S. The molecule has 0 saturated carbocycles. The van der Waals surface area contributed by atoms with Crippen LogP contribution >= 0.6 is 11.6 Å². The summed E-state index contributed by atoms with van der Waals surface area (Å²) >= 11 is 6.11. The number of methoxy groups -OCH3 is 2. The minimum Gasteiger partial charge on any atom is -0.493 e. The van der Waals surface area contributed by atoms with Gasteiger partial charge in [0.05, 0.1) is 38.3 Å². The number of rotatable bonds is 5. The van der Waals surface area contributed by atoms with Crippen LogP contribution in [-0.2, 0) is 21.2 Å². The third-order valence-electron chi connectivity index (χ3n) is 5.62. The minimum atomic E-state index is -3.27. The van der Waals surface area contributed by atoms with Crippen LogP contribution in [0.4, 0.5) is 5.69 Å². The van der Waals surface area contributed by atoms with Gasteiger partial charge in [0.25, 0.3) is 0 Å². The molecule has 0 aromatic heterocycles. The van der Waals surface area contributed by atoms with Crippen LogP contribution in [0.1, 0.15) is 5.56 Å². The van der Waals surface area contributed by atoms with E-state index in [0.29, 0.717) is 28.8 Å². The lowest BCUT2D eigenvalue weighted by molar-refractivity contribution is -0.123. The van der Waals surface area contributed by atoms with Gasteiger partial charge < -0.3 is 14.4 Å². The van der Waals surface area contributed by atoms with E-state index in [1.807, 2.05) is 17.0 Å². The molecule has 30 heavy (non-hydrogen) atoms. The molecular weight excluding hydrogens is 428 g/mol. The summed E-state index contributed by atoms with van der Waals surface area (Å²) < 4.78 is 35.6. The molecule has 2 atom stereocenters. The van der Waals surface area contributed by atoms with Gasteiger partial charge in [0.1, 0.15) is 0 Å². The molecule has 2 heterocycles. The van der Waals surface area contributed by atoms with Crippen molar-refractivity contribution in [3.05, 3.63) is 53.1 Å². The van der Waals surface area contributed by atoms with E-state index in [9.17, 15) is 13.2 Å². The van der Waals surface area contributed by atoms with Crippen molar-refractivity contribution in [1.29, 1.82) is 0 Å². The van der Waals surface area contributed by atoms with Crippen molar-refractivity contribution in [2.45, 2.75) is 18.6 Å². The summed E-state index contributed by atoms with van der Waals surface area (Å²) in [6, 6.07) is 11.8. The molecule has 2 saturated heterocycles. The van der Waals surface area contributed by atoms with Crippen molar-refractivity contribution >= 4 is 33.0 Å². The monoisotopic (exact) mass is 450 g/mol. The van der Waals surface area contributed by atoms with Gasteiger partial charge in [0.15, 0.2) is 21.3 Å². The zero-order valence-corrected chi connectivity index (χ0v) is 18.3. The molecule has 0 N–H and O–H groups in total. The summed E-state index contributed by atoms with van der Waals surface area (Å²) in [7, 11) is -0.133. The zero-order chi connectivity index (χ0) is 21.5. The Bertz CT molecular complexity index is 1070. The Hall–Kier alpha value is -2.29. The van der Waals surface area contributed by atoms with Gasteiger partial charge in [0, 0.05) is 23.3 Å². The molecule has 160 valence electrons. The van der Waals surface area contributed by atoms with Gasteiger partial charge in [-0.05, 0) is 35.9 Å². The number of carbonyl (C=O) groups excluding carboxylic acids is 1. The van der Waals surface area contributed by atoms with Crippen LogP contribution in [0, 0.1) is 0 Å². The second-order valence-electron chi connectivity index (χ2n) is 7.55. The highest BCUT2D eigenvalue weighted by molar-refractivity contribution is 7.91. The summed E-state index contributed by atoms with van der Waals surface area (Å²) in [6.45, 7) is 0.559. The predicted octanol–water partition coefficient (Wildman–Crippen LogP) is 2.37. The average molecular weight is 451 g/mol. The fraction of sp³-hybridized carbons (Fsp3) is 0.381. The Labute approximate surface area is 181 Å². The van der Waals surface area contributed by atoms with E-state index in [0.717, 1.165) is 5.56 Å². The molecule has 1 amide bonds. The highest BCUT2D eigenvalue weighted by Gasteiger charge is 2.49. The number of ether oxygens (including phenoxy) is 2. The first-order chi connectivity index (χ1) is 14.3. The van der Waals surface area contributed by atoms with Crippen molar-refractivity contribution in [3.63, 3.8) is 0 Å². The summed E-state index contributed by atoms with van der Waals surface area (Å²) in [6.07, 6.45) is 0. The van der Waals surface area contributed by atoms with E-state index >= 15 is 0 Å². The fourth-order valence-electron chi connectivity index (χ4n) is 4.31. The lowest BCUT2D eigenvalue weighted by Crippen LogP contribution is -2.61. The zero-order valence-electron chi connectivity index (χ0n) is 16.7. The van der Waals surface area contributed by atoms with Gasteiger partial charge in [-0.15, -0.1) is 0 Å². The highest BCUT2D eigenvalue weighted by atomic mass is 35.5. The van der Waals surface area contributed by atoms with Crippen LogP contribution in [0.3, 0.4) is 0 Å². The molecule has 0 bridgehead atoms. The first-order valence-electron chi connectivity index (χ1n) is 9.54. The maximum atomic E-state index is 13.1. The molecule has 0 radical (unpaired) electrons. The average Bonchev–Trinajstić information content (AvgIpc) is 3.03. The lowest BCUT2D eigenvalue weighted by atomic mass is 10.0. The van der Waals surface area contributed by atoms with Crippen molar-refractivity contribution in [1.82, 2.24) is 4.90 Å². The number of benzene rings is 2. The van der Waals surface area contributed by atoms with Crippen LogP contribution in [-0.4, -0.2) is 63.6 Å². The molecule has 4 rings (SSSR count). The number of anilines is 1. The summed E-state index contributed by atoms with van der Waals surface area (Å²) in [5, 5.41) is 0.505. The molecule has 2 aliphatic heterocycles. The molecule has 2 unspecified atom stereocenters. The van der Waals surface area contributed by atoms with Crippen LogP contribution in [0.25, 0.3) is 0 Å². The van der Waals surface area contributed by atoms with E-state index in [1.165, 1.54) is 0 Å². The third kappa shape index (κ3) is 3.99. The van der Waals surface area contributed by atoms with E-state index < -0.39 is 15.9 Å². The number of amides is 1. The van der Waals surface area contributed by atoms with Crippen molar-refractivity contribution < 1.29 is 22.7 Å². The number of hydrogen-bond acceptors (Lipinski definition) is 6. The molecule has 2 aromatic rings. The van der Waals surface area contributed by atoms with Crippen molar-refractivity contribution in [2.24, 2.45) is 0 Å². The number of piperazine rings is 1. The van der Waals surface area contributed by atoms with Gasteiger partial charge in [-0.2, -0.15) is 0 Å². The smallest absolute Gasteiger partial charge is 0.241 e. The number of sulfone groups is 1. The number of halogens is 1. The number of carbonyl (C=O) groups is 1. The van der Waals surface area contributed by atoms with Crippen molar-refractivity contribution in [3.8, 4) is 11.5 Å². The Morgan fingerprint density at radius 2 is 1.77 bits per heavy atom. The van der Waals surface area contributed by atoms with Crippen LogP contribution in [0.2, 0.25) is 5.02 Å². The first kappa shape index (κ1) is 21.0. The molecule has 9 heteroatoms. The van der Waals surface area contributed by atoms with Crippen molar-refractivity contribution in [2.75, 3.05) is 37.2 Å². The van der Waals surface area contributed by atoms with Gasteiger partial charge in [-0.3, -0.25) is 9.69 Å². The SMILES string of the molecule is COc1ccc(CN2CC(=O)N(c3cccc(Cl)c3)C3CS(=O)(=O)CC32)cc1OC. The molecule has 0 aliphatic carbocycles. The number of hydrogen-bond donors (Lipinski definition) is 0. The Morgan fingerprint density at radius 1 is 1.03 bits per heavy atom. The second-order valence-corrected chi connectivity index (χ2v) is 10.1. The van der Waals surface area contributed by atoms with E-state index in [1.54, 1.807) is 49.5 Å². The van der Waals surface area contributed by atoms with Gasteiger partial charge in [-0.1, -0.05) is 23.7 Å². The van der Waals surface area contributed by atoms with Crippen LogP contribution < -0.4 is 14.4 Å². The normalized spacial score (nSPS) is 23.3. The summed E-state index contributed by atoms with van der Waals surface area (Å²) in [4.78, 5) is 16.6.